The molecule has 3 saturated heterocycles. The van der Waals surface area contributed by atoms with Gasteiger partial charge < -0.3 is 59.9 Å². The maximum absolute atomic E-state index is 14.4. The normalized spacial score (nSPS) is 19.8. The van der Waals surface area contributed by atoms with Gasteiger partial charge in [-0.3, -0.25) is 48.2 Å². The molecule has 0 aliphatic carbocycles. The summed E-state index contributed by atoms with van der Waals surface area (Å²) in [5.74, 6) is -4.02. The third kappa shape index (κ3) is 18.6. The fourth-order valence-electron chi connectivity index (χ4n) is 9.78. The van der Waals surface area contributed by atoms with Crippen molar-refractivity contribution >= 4 is 47.0 Å². The van der Waals surface area contributed by atoms with Gasteiger partial charge in [0.15, 0.2) is 34.3 Å². The largest absolute Gasteiger partial charge is 0.382 e. The number of pyridine rings is 1. The first-order valence-electron chi connectivity index (χ1n) is 28.5. The molecule has 6 N–H and O–H groups in total. The van der Waals surface area contributed by atoms with Crippen LogP contribution in [-0.4, -0.2) is 168 Å². The Kier molecular flexibility index (Phi) is 22.4. The third-order valence-electron chi connectivity index (χ3n) is 14.5. The van der Waals surface area contributed by atoms with E-state index in [1.54, 1.807) is 31.3 Å². The summed E-state index contributed by atoms with van der Waals surface area (Å²) in [6.45, 7) is 16.2. The molecule has 0 spiro atoms. The van der Waals surface area contributed by atoms with Crippen LogP contribution >= 0.6 is 0 Å². The van der Waals surface area contributed by atoms with Crippen molar-refractivity contribution < 1.29 is 66.3 Å². The molecule has 24 heteroatoms. The number of aromatic nitrogens is 3. The van der Waals surface area contributed by atoms with E-state index in [2.05, 4.69) is 52.1 Å². The van der Waals surface area contributed by atoms with E-state index in [9.17, 15) is 38.4 Å². The molecule has 3 fully saturated rings. The Morgan fingerprint density at radius 1 is 0.602 bits per heavy atom. The van der Waals surface area contributed by atoms with Crippen molar-refractivity contribution in [2.24, 2.45) is 17.8 Å². The SMILES string of the molecule is COCC(NC(=O)C(CC(C)C)NC(=O)c1cc(CN2CCOCC2)on1)C(=O)NC(CC(C)C)C(=O)C1(CCc2cc(C(=O)NC(Cc3ccccn3)C(=O)NC(Cc3ccccc3)C(=O)NC(CC(C)C)C(=O)C3(C)CO3)no2)CO1. The number of hydrogen-bond donors (Lipinski definition) is 6. The van der Waals surface area contributed by atoms with Crippen molar-refractivity contribution in [1.82, 2.24) is 52.1 Å². The molecule has 1 aromatic carbocycles. The second-order valence-electron chi connectivity index (χ2n) is 23.1. The molecule has 7 rings (SSSR count). The highest BCUT2D eigenvalue weighted by atomic mass is 16.6. The van der Waals surface area contributed by atoms with Gasteiger partial charge in [0.2, 0.25) is 23.6 Å². The molecule has 4 aromatic rings. The van der Waals surface area contributed by atoms with Gasteiger partial charge in [-0.2, -0.15) is 0 Å². The molecule has 83 heavy (non-hydrogen) atoms. The highest BCUT2D eigenvalue weighted by Gasteiger charge is 2.54. The van der Waals surface area contributed by atoms with Crippen LogP contribution in [0, 0.1) is 17.8 Å². The number of Topliss-reactive ketones (excluding diaryl/α,β-unsaturated/α-hetero) is 2. The van der Waals surface area contributed by atoms with Gasteiger partial charge in [-0.1, -0.05) is 88.3 Å². The number of nitrogens with zero attached hydrogens (tertiary/aromatic N) is 4. The van der Waals surface area contributed by atoms with Crippen LogP contribution in [0.4, 0.5) is 0 Å². The number of hydrogen-bond acceptors (Lipinski definition) is 18. The lowest BCUT2D eigenvalue weighted by molar-refractivity contribution is -0.135. The Bertz CT molecular complexity index is 2840. The molecule has 8 unspecified atom stereocenters. The maximum atomic E-state index is 14.4. The molecule has 6 heterocycles. The number of nitrogens with one attached hydrogen (secondary N) is 6. The van der Waals surface area contributed by atoms with Crippen molar-refractivity contribution in [3.8, 4) is 0 Å². The van der Waals surface area contributed by atoms with Gasteiger partial charge >= 0.3 is 0 Å². The predicted molar refractivity (Wildman–Crippen MR) is 299 cm³/mol. The van der Waals surface area contributed by atoms with Crippen molar-refractivity contribution in [2.75, 3.05) is 53.2 Å². The summed E-state index contributed by atoms with van der Waals surface area (Å²) in [5.41, 5.74) is -1.28. The van der Waals surface area contributed by atoms with Crippen LogP contribution in [0.5, 0.6) is 0 Å². The third-order valence-corrected chi connectivity index (χ3v) is 14.5. The van der Waals surface area contributed by atoms with Gasteiger partial charge in [-0.25, -0.2) is 0 Å². The van der Waals surface area contributed by atoms with E-state index in [0.717, 1.165) is 5.56 Å². The molecule has 8 atom stereocenters. The molecule has 0 radical (unpaired) electrons. The summed E-state index contributed by atoms with van der Waals surface area (Å²) in [5, 5.41) is 24.7. The lowest BCUT2D eigenvalue weighted by atomic mass is 9.89. The van der Waals surface area contributed by atoms with Gasteiger partial charge in [-0.05, 0) is 68.1 Å². The minimum Gasteiger partial charge on any atom is -0.382 e. The molecule has 3 aliphatic heterocycles. The first kappa shape index (κ1) is 63.3. The quantitative estimate of drug-likeness (QED) is 0.0374. The number of ether oxygens (including phenoxy) is 4. The molecular formula is C59H80N10O14. The Balaban J connectivity index is 0.983. The number of ketones is 2. The molecule has 6 amide bonds. The minimum atomic E-state index is -1.32. The van der Waals surface area contributed by atoms with Gasteiger partial charge in [0.25, 0.3) is 11.8 Å². The number of amides is 6. The summed E-state index contributed by atoms with van der Waals surface area (Å²) < 4.78 is 33.0. The fourth-order valence-corrected chi connectivity index (χ4v) is 9.78. The molecular weight excluding hydrogens is 1070 g/mol. The van der Waals surface area contributed by atoms with Crippen LogP contribution in [0.3, 0.4) is 0 Å². The zero-order valence-corrected chi connectivity index (χ0v) is 48.7. The second kappa shape index (κ2) is 29.3. The lowest BCUT2D eigenvalue weighted by Crippen LogP contribution is -2.58. The summed E-state index contributed by atoms with van der Waals surface area (Å²) >= 11 is 0. The number of carbonyl (C=O) groups is 8. The van der Waals surface area contributed by atoms with Crippen LogP contribution in [0.2, 0.25) is 0 Å². The van der Waals surface area contributed by atoms with Crippen molar-refractivity contribution in [2.45, 2.75) is 147 Å². The van der Waals surface area contributed by atoms with Crippen molar-refractivity contribution in [3.05, 3.63) is 101 Å². The number of carbonyl (C=O) groups excluding carboxylic acids is 8. The summed E-state index contributed by atoms with van der Waals surface area (Å²) in [6.07, 6.45) is 2.53. The van der Waals surface area contributed by atoms with E-state index in [-0.39, 0.29) is 99.0 Å². The minimum absolute atomic E-state index is 0.000411. The first-order chi connectivity index (χ1) is 39.6. The topological polar surface area (TPSA) is 320 Å². The van der Waals surface area contributed by atoms with E-state index in [0.29, 0.717) is 50.7 Å². The van der Waals surface area contributed by atoms with Crippen LogP contribution in [-0.2, 0) is 73.5 Å². The molecule has 450 valence electrons. The van der Waals surface area contributed by atoms with E-state index in [1.165, 1.54) is 19.2 Å². The number of epoxide rings is 2. The van der Waals surface area contributed by atoms with Gasteiger partial charge in [0, 0.05) is 63.5 Å². The van der Waals surface area contributed by atoms with Crippen LogP contribution in [0.25, 0.3) is 0 Å². The number of aryl methyl sites for hydroxylation is 1. The Morgan fingerprint density at radius 3 is 1.67 bits per heavy atom. The summed E-state index contributed by atoms with van der Waals surface area (Å²) in [7, 11) is 1.37. The maximum Gasteiger partial charge on any atom is 0.274 e. The molecule has 24 nitrogen and oxygen atoms in total. The average Bonchev–Trinajstić information content (AvgIpc) is 3.14. The highest BCUT2D eigenvalue weighted by molar-refractivity contribution is 6.01. The van der Waals surface area contributed by atoms with E-state index < -0.39 is 88.7 Å². The molecule has 0 saturated carbocycles. The highest BCUT2D eigenvalue weighted by Crippen LogP contribution is 2.36. The van der Waals surface area contributed by atoms with Crippen LogP contribution in [0.1, 0.15) is 118 Å². The van der Waals surface area contributed by atoms with Gasteiger partial charge in [0.1, 0.15) is 35.5 Å². The zero-order chi connectivity index (χ0) is 59.8. The summed E-state index contributed by atoms with van der Waals surface area (Å²) in [6, 6.07) is 10.5. The first-order valence-corrected chi connectivity index (χ1v) is 28.5. The van der Waals surface area contributed by atoms with Crippen LogP contribution < -0.4 is 31.9 Å². The number of benzene rings is 1. The van der Waals surface area contributed by atoms with Gasteiger partial charge in [-0.15, -0.1) is 0 Å². The van der Waals surface area contributed by atoms with E-state index >= 15 is 0 Å². The Labute approximate surface area is 483 Å². The smallest absolute Gasteiger partial charge is 0.274 e. The number of rotatable bonds is 33. The fraction of sp³-hybridized carbons (Fsp3) is 0.576. The van der Waals surface area contributed by atoms with Crippen molar-refractivity contribution in [3.63, 3.8) is 0 Å². The average molecular weight is 1150 g/mol. The monoisotopic (exact) mass is 1150 g/mol. The predicted octanol–water partition coefficient (Wildman–Crippen LogP) is 2.62. The Hall–Kier alpha value is -7.25. The number of morpholine rings is 1. The standard InChI is InChI=1S/C59H80N10O14/c1-35(2)24-42(50(70)58(7)33-80-58)61-53(73)45(27-38-14-10-9-11-15-38)64-54(74)46(28-39-16-12-13-19-60-39)65-55(75)47-29-40(82-67-47)17-18-59(34-81-59)51(71)43(25-36(3)4)62-57(77)49(32-78-8)66-52(72)44(26-37(5)6)63-56(76)48-30-41(83-68-48)31-69-20-22-79-23-21-69/h9-16,19,29-30,35-37,42-46,49H,17-18,20-28,31-34H2,1-8H3,(H,61,73)(H,62,77)(H,63,76)(H,64,74)(H,65,75)(H,66,72). The summed E-state index contributed by atoms with van der Waals surface area (Å²) in [4.78, 5) is 118. The molecule has 0 bridgehead atoms. The second-order valence-corrected chi connectivity index (χ2v) is 23.1. The zero-order valence-electron chi connectivity index (χ0n) is 48.7. The van der Waals surface area contributed by atoms with Crippen molar-refractivity contribution in [1.29, 1.82) is 0 Å². The van der Waals surface area contributed by atoms with Gasteiger partial charge in [0.05, 0.1) is 51.7 Å². The molecule has 3 aromatic heterocycles. The number of methoxy groups -OCH3 is 1. The van der Waals surface area contributed by atoms with E-state index in [1.807, 2.05) is 71.9 Å². The lowest BCUT2D eigenvalue weighted by Gasteiger charge is -2.27. The van der Waals surface area contributed by atoms with Crippen LogP contribution in [0.15, 0.2) is 75.9 Å². The Morgan fingerprint density at radius 2 is 1.11 bits per heavy atom. The van der Waals surface area contributed by atoms with E-state index in [4.69, 9.17) is 28.0 Å². The molecule has 3 aliphatic rings.